The van der Waals surface area contributed by atoms with E-state index < -0.39 is 27.1 Å². The molecule has 1 aromatic heterocycles. The van der Waals surface area contributed by atoms with E-state index in [-0.39, 0.29) is 10.3 Å². The maximum Gasteiger partial charge on any atom is 0.268 e. The fraction of sp³-hybridized carbons (Fsp3) is 0.333. The second-order valence-corrected chi connectivity index (χ2v) is 12.5. The van der Waals surface area contributed by atoms with Crippen LogP contribution in [0.2, 0.25) is 0 Å². The predicted octanol–water partition coefficient (Wildman–Crippen LogP) is 4.31. The van der Waals surface area contributed by atoms with E-state index in [1.54, 1.807) is 44.0 Å². The Morgan fingerprint density at radius 2 is 1.76 bits per heavy atom. The molecule has 1 amide bonds. The molecule has 3 heterocycles. The average Bonchev–Trinajstić information content (AvgIpc) is 3.37. The summed E-state index contributed by atoms with van der Waals surface area (Å²) in [6.07, 6.45) is 1.73. The minimum Gasteiger partial charge on any atom is -0.372 e. The lowest BCUT2D eigenvalue weighted by Gasteiger charge is -2.25. The molecule has 2 unspecified atom stereocenters. The highest BCUT2D eigenvalue weighted by Crippen LogP contribution is 2.46. The van der Waals surface area contributed by atoms with Gasteiger partial charge in [-0.25, -0.2) is 18.1 Å². The Bertz CT molecular complexity index is 1380. The molecule has 0 spiro atoms. The van der Waals surface area contributed by atoms with Crippen molar-refractivity contribution in [3.63, 3.8) is 0 Å². The van der Waals surface area contributed by atoms with Gasteiger partial charge < -0.3 is 15.3 Å². The van der Waals surface area contributed by atoms with Crippen molar-refractivity contribution < 1.29 is 18.3 Å². The topological polar surface area (TPSA) is 112 Å². The van der Waals surface area contributed by atoms with E-state index in [4.69, 9.17) is 0 Å². The van der Waals surface area contributed by atoms with Crippen molar-refractivity contribution in [2.24, 2.45) is 0 Å². The monoisotopic (exact) mass is 540 g/mol. The first-order valence-corrected chi connectivity index (χ1v) is 14.5. The van der Waals surface area contributed by atoms with Crippen molar-refractivity contribution >= 4 is 39.1 Å². The molecular formula is C27H32N4O4S2. The highest BCUT2D eigenvalue weighted by Gasteiger charge is 2.51. The van der Waals surface area contributed by atoms with Crippen LogP contribution in [-0.2, 0) is 20.4 Å². The lowest BCUT2D eigenvalue weighted by molar-refractivity contribution is -0.132. The number of rotatable bonds is 5. The summed E-state index contributed by atoms with van der Waals surface area (Å²) in [4.78, 5) is 19.7. The van der Waals surface area contributed by atoms with E-state index in [0.717, 1.165) is 10.7 Å². The number of benzene rings is 2. The zero-order chi connectivity index (χ0) is 27.0. The number of sulfonamides is 1. The molecule has 8 nitrogen and oxygen atoms in total. The van der Waals surface area contributed by atoms with Gasteiger partial charge in [0.15, 0.2) is 5.60 Å². The first-order chi connectivity index (χ1) is 17.5. The molecule has 0 fully saturated rings. The van der Waals surface area contributed by atoms with Crippen LogP contribution < -0.4 is 14.9 Å². The second-order valence-electron chi connectivity index (χ2n) is 9.63. The SMILES string of the molecule is CC.CC(C)(C)NS(=O)(=O)c1ccc(C2(O)C(=O)N(CC3Nc4cccnc4S3)c3ccccc32)cc1. The summed E-state index contributed by atoms with van der Waals surface area (Å²) in [5, 5.41) is 15.9. The van der Waals surface area contributed by atoms with Crippen molar-refractivity contribution in [2.75, 3.05) is 16.8 Å². The molecule has 0 radical (unpaired) electrons. The van der Waals surface area contributed by atoms with E-state index >= 15 is 0 Å². The lowest BCUT2D eigenvalue weighted by atomic mass is 9.87. The van der Waals surface area contributed by atoms with Gasteiger partial charge in [-0.1, -0.05) is 55.9 Å². The predicted molar refractivity (Wildman–Crippen MR) is 147 cm³/mol. The highest BCUT2D eigenvalue weighted by atomic mass is 32.2. The van der Waals surface area contributed by atoms with Gasteiger partial charge in [0.1, 0.15) is 5.03 Å². The molecule has 2 atom stereocenters. The number of carbonyl (C=O) groups excluding carboxylic acids is 1. The van der Waals surface area contributed by atoms with Gasteiger partial charge in [-0.05, 0) is 56.7 Å². The molecule has 0 saturated carbocycles. The van der Waals surface area contributed by atoms with E-state index in [0.29, 0.717) is 23.4 Å². The van der Waals surface area contributed by atoms with Crippen LogP contribution in [0.25, 0.3) is 0 Å². The molecule has 10 heteroatoms. The fourth-order valence-corrected chi connectivity index (χ4v) is 6.89. The first-order valence-electron chi connectivity index (χ1n) is 12.2. The number of amides is 1. The third-order valence-corrected chi connectivity index (χ3v) is 8.73. The normalized spacial score (nSPS) is 20.5. The summed E-state index contributed by atoms with van der Waals surface area (Å²) in [7, 11) is -3.75. The second kappa shape index (κ2) is 10.1. The van der Waals surface area contributed by atoms with Crippen LogP contribution in [0.4, 0.5) is 11.4 Å². The number of para-hydroxylation sites is 1. The van der Waals surface area contributed by atoms with Crippen LogP contribution in [0, 0.1) is 0 Å². The van der Waals surface area contributed by atoms with Crippen molar-refractivity contribution in [2.45, 2.75) is 61.1 Å². The van der Waals surface area contributed by atoms with E-state index in [9.17, 15) is 18.3 Å². The summed E-state index contributed by atoms with van der Waals surface area (Å²) in [5.41, 5.74) is -0.255. The minimum absolute atomic E-state index is 0.0622. The summed E-state index contributed by atoms with van der Waals surface area (Å²) in [6.45, 7) is 9.60. The fourth-order valence-electron chi connectivity index (χ4n) is 4.41. The molecule has 3 aromatic rings. The van der Waals surface area contributed by atoms with Crippen LogP contribution in [0.3, 0.4) is 0 Å². The number of hydrogen-bond acceptors (Lipinski definition) is 7. The van der Waals surface area contributed by atoms with Crippen molar-refractivity contribution in [3.8, 4) is 0 Å². The summed E-state index contributed by atoms with van der Waals surface area (Å²) < 4.78 is 28.0. The number of thioether (sulfide) groups is 1. The number of hydrogen-bond donors (Lipinski definition) is 3. The van der Waals surface area contributed by atoms with Gasteiger partial charge in [0, 0.05) is 17.3 Å². The standard InChI is InChI=1S/C25H26N4O4S2.C2H6/c1-24(2,3)28-35(32,33)17-12-10-16(11-13-17)25(31)18-7-4-5-9-20(18)29(23(25)30)15-21-27-19-8-6-14-26-22(19)34-21;1-2/h4-14,21,27-28,31H,15H2,1-3H3;1-2H3. The Kier molecular flexibility index (Phi) is 7.40. The van der Waals surface area contributed by atoms with E-state index in [1.807, 2.05) is 38.1 Å². The van der Waals surface area contributed by atoms with Gasteiger partial charge in [0.05, 0.1) is 28.2 Å². The van der Waals surface area contributed by atoms with Gasteiger partial charge in [0.25, 0.3) is 5.91 Å². The Hall–Kier alpha value is -2.92. The molecule has 196 valence electrons. The Morgan fingerprint density at radius 1 is 1.08 bits per heavy atom. The molecule has 37 heavy (non-hydrogen) atoms. The van der Waals surface area contributed by atoms with Crippen LogP contribution in [-0.4, -0.2) is 41.9 Å². The van der Waals surface area contributed by atoms with Gasteiger partial charge in [-0.2, -0.15) is 0 Å². The summed E-state index contributed by atoms with van der Waals surface area (Å²) in [5.74, 6) is -0.478. The van der Waals surface area contributed by atoms with Gasteiger partial charge in [0.2, 0.25) is 10.0 Å². The maximum atomic E-state index is 13.7. The third-order valence-electron chi connectivity index (χ3n) is 5.85. The van der Waals surface area contributed by atoms with Crippen molar-refractivity contribution in [1.82, 2.24) is 9.71 Å². The molecule has 2 aromatic carbocycles. The van der Waals surface area contributed by atoms with Gasteiger partial charge in [-0.15, -0.1) is 0 Å². The molecule has 0 bridgehead atoms. The van der Waals surface area contributed by atoms with Crippen LogP contribution in [0.5, 0.6) is 0 Å². The quantitative estimate of drug-likeness (QED) is 0.442. The number of fused-ring (bicyclic) bond motifs is 2. The Labute approximate surface area is 222 Å². The molecule has 3 N–H and O–H groups in total. The summed E-state index contributed by atoms with van der Waals surface area (Å²) >= 11 is 1.53. The molecular weight excluding hydrogens is 508 g/mol. The van der Waals surface area contributed by atoms with E-state index in [2.05, 4.69) is 15.0 Å². The smallest absolute Gasteiger partial charge is 0.268 e. The highest BCUT2D eigenvalue weighted by molar-refractivity contribution is 8.00. The number of aliphatic hydroxyl groups is 1. The number of anilines is 2. The number of carbonyl (C=O) groups is 1. The maximum absolute atomic E-state index is 13.7. The first kappa shape index (κ1) is 27.1. The van der Waals surface area contributed by atoms with Crippen molar-refractivity contribution in [1.29, 1.82) is 0 Å². The third kappa shape index (κ3) is 5.11. The minimum atomic E-state index is -3.75. The Morgan fingerprint density at radius 3 is 2.41 bits per heavy atom. The molecule has 0 saturated heterocycles. The number of nitrogens with zero attached hydrogens (tertiary/aromatic N) is 2. The van der Waals surface area contributed by atoms with Gasteiger partial charge in [-0.3, -0.25) is 4.79 Å². The Balaban J connectivity index is 0.00000156. The summed E-state index contributed by atoms with van der Waals surface area (Å²) in [6, 6.07) is 16.7. The van der Waals surface area contributed by atoms with Crippen molar-refractivity contribution in [3.05, 3.63) is 78.0 Å². The zero-order valence-corrected chi connectivity index (χ0v) is 23.2. The van der Waals surface area contributed by atoms with Gasteiger partial charge >= 0.3 is 0 Å². The molecule has 2 aliphatic rings. The number of nitrogens with one attached hydrogen (secondary N) is 2. The average molecular weight is 541 g/mol. The molecule has 0 aliphatic carbocycles. The molecule has 2 aliphatic heterocycles. The zero-order valence-electron chi connectivity index (χ0n) is 21.5. The molecule has 5 rings (SSSR count). The van der Waals surface area contributed by atoms with Crippen LogP contribution >= 0.6 is 11.8 Å². The lowest BCUT2D eigenvalue weighted by Crippen LogP contribution is -2.44. The number of pyridine rings is 1. The van der Waals surface area contributed by atoms with Crippen LogP contribution in [0.15, 0.2) is 76.8 Å². The largest absolute Gasteiger partial charge is 0.372 e. The van der Waals surface area contributed by atoms with E-state index in [1.165, 1.54) is 36.0 Å². The van der Waals surface area contributed by atoms with Crippen LogP contribution in [0.1, 0.15) is 45.7 Å². The number of aromatic nitrogens is 1.